The second-order valence-electron chi connectivity index (χ2n) is 4.23. The molecule has 0 radical (unpaired) electrons. The van der Waals surface area contributed by atoms with Crippen LogP contribution in [-0.4, -0.2) is 18.5 Å². The van der Waals surface area contributed by atoms with Crippen LogP contribution in [0.2, 0.25) is 10.0 Å². The molecule has 0 atom stereocenters. The first-order chi connectivity index (χ1) is 10.5. The van der Waals surface area contributed by atoms with Crippen molar-refractivity contribution in [2.45, 2.75) is 0 Å². The molecule has 0 aliphatic heterocycles. The molecule has 0 aliphatic rings. The Morgan fingerprint density at radius 1 is 1.09 bits per heavy atom. The minimum absolute atomic E-state index is 0.212. The molecule has 22 heavy (non-hydrogen) atoms. The zero-order chi connectivity index (χ0) is 16.1. The number of ether oxygens (including phenoxy) is 1. The van der Waals surface area contributed by atoms with E-state index in [9.17, 15) is 9.59 Å². The molecule has 0 bridgehead atoms. The number of amides is 1. The van der Waals surface area contributed by atoms with E-state index in [1.807, 2.05) is 0 Å². The van der Waals surface area contributed by atoms with Gasteiger partial charge in [0.05, 0.1) is 15.6 Å². The fourth-order valence-electron chi connectivity index (χ4n) is 1.61. The van der Waals surface area contributed by atoms with Crippen LogP contribution in [0.25, 0.3) is 0 Å². The van der Waals surface area contributed by atoms with Crippen LogP contribution >= 0.6 is 39.1 Å². The second kappa shape index (κ2) is 7.63. The highest BCUT2D eigenvalue weighted by molar-refractivity contribution is 9.10. The van der Waals surface area contributed by atoms with Crippen LogP contribution in [0, 0.1) is 0 Å². The summed E-state index contributed by atoms with van der Waals surface area (Å²) >= 11 is 15.1. The molecule has 0 heterocycles. The summed E-state index contributed by atoms with van der Waals surface area (Å²) in [6.07, 6.45) is 0. The normalized spacial score (nSPS) is 10.1. The quantitative estimate of drug-likeness (QED) is 0.763. The lowest BCUT2D eigenvalue weighted by molar-refractivity contribution is -0.119. The first-order valence-corrected chi connectivity index (χ1v) is 7.69. The molecule has 0 aromatic heterocycles. The van der Waals surface area contributed by atoms with E-state index in [1.54, 1.807) is 36.4 Å². The largest absolute Gasteiger partial charge is 0.452 e. The monoisotopic (exact) mass is 401 g/mol. The second-order valence-corrected chi connectivity index (χ2v) is 5.90. The van der Waals surface area contributed by atoms with Gasteiger partial charge in [0.2, 0.25) is 0 Å². The van der Waals surface area contributed by atoms with Crippen molar-refractivity contribution >= 4 is 56.7 Å². The highest BCUT2D eigenvalue weighted by Crippen LogP contribution is 2.25. The van der Waals surface area contributed by atoms with Crippen LogP contribution in [0.1, 0.15) is 10.4 Å². The molecule has 2 aromatic rings. The van der Waals surface area contributed by atoms with Gasteiger partial charge in [-0.15, -0.1) is 0 Å². The first kappa shape index (κ1) is 16.8. The van der Waals surface area contributed by atoms with E-state index in [-0.39, 0.29) is 10.6 Å². The Morgan fingerprint density at radius 2 is 1.82 bits per heavy atom. The predicted octanol–water partition coefficient (Wildman–Crippen LogP) is 4.55. The Hall–Kier alpha value is -1.56. The number of nitrogens with one attached hydrogen (secondary N) is 1. The molecule has 4 nitrogen and oxygen atoms in total. The molecule has 0 spiro atoms. The molecule has 114 valence electrons. The van der Waals surface area contributed by atoms with Crippen LogP contribution in [-0.2, 0) is 9.53 Å². The standard InChI is InChI=1S/C15H10BrCl2NO3/c16-11-6-5-9(7-13(11)18)19-14(20)8-22-15(21)10-3-1-2-4-12(10)17/h1-7H,8H2,(H,19,20). The predicted molar refractivity (Wildman–Crippen MR) is 89.5 cm³/mol. The van der Waals surface area contributed by atoms with Gasteiger partial charge >= 0.3 is 5.97 Å². The molecule has 0 saturated heterocycles. The number of rotatable bonds is 4. The van der Waals surface area contributed by atoms with E-state index < -0.39 is 18.5 Å². The van der Waals surface area contributed by atoms with Gasteiger partial charge in [-0.25, -0.2) is 4.79 Å². The molecule has 0 saturated carbocycles. The van der Waals surface area contributed by atoms with E-state index in [0.29, 0.717) is 10.7 Å². The molecule has 2 rings (SSSR count). The summed E-state index contributed by atoms with van der Waals surface area (Å²) in [5.74, 6) is -1.13. The van der Waals surface area contributed by atoms with Gasteiger partial charge in [0, 0.05) is 10.2 Å². The Balaban J connectivity index is 1.91. The number of hydrogen-bond acceptors (Lipinski definition) is 3. The molecule has 0 unspecified atom stereocenters. The Kier molecular flexibility index (Phi) is 5.83. The highest BCUT2D eigenvalue weighted by Gasteiger charge is 2.13. The van der Waals surface area contributed by atoms with Crippen LogP contribution in [0.5, 0.6) is 0 Å². The van der Waals surface area contributed by atoms with Crippen molar-refractivity contribution in [3.8, 4) is 0 Å². The van der Waals surface area contributed by atoms with Crippen LogP contribution in [0.15, 0.2) is 46.9 Å². The molecule has 1 N–H and O–H groups in total. The van der Waals surface area contributed by atoms with Gasteiger partial charge in [-0.1, -0.05) is 35.3 Å². The number of carbonyl (C=O) groups excluding carboxylic acids is 2. The SMILES string of the molecule is O=C(COC(=O)c1ccccc1Cl)Nc1ccc(Br)c(Cl)c1. The lowest BCUT2D eigenvalue weighted by atomic mass is 10.2. The number of hydrogen-bond donors (Lipinski definition) is 1. The Labute approximate surface area is 145 Å². The number of anilines is 1. The average molecular weight is 403 g/mol. The van der Waals surface area contributed by atoms with E-state index in [2.05, 4.69) is 21.2 Å². The van der Waals surface area contributed by atoms with Crippen molar-refractivity contribution in [1.29, 1.82) is 0 Å². The summed E-state index contributed by atoms with van der Waals surface area (Å²) in [7, 11) is 0. The van der Waals surface area contributed by atoms with Crippen LogP contribution < -0.4 is 5.32 Å². The van der Waals surface area contributed by atoms with Gasteiger partial charge in [0.15, 0.2) is 6.61 Å². The molecular formula is C15H10BrCl2NO3. The molecule has 2 aromatic carbocycles. The third-order valence-electron chi connectivity index (χ3n) is 2.63. The first-order valence-electron chi connectivity index (χ1n) is 6.14. The van der Waals surface area contributed by atoms with Gasteiger partial charge in [-0.2, -0.15) is 0 Å². The zero-order valence-electron chi connectivity index (χ0n) is 11.1. The summed E-state index contributed by atoms with van der Waals surface area (Å²) in [5, 5.41) is 3.31. The number of carbonyl (C=O) groups is 2. The van der Waals surface area contributed by atoms with Gasteiger partial charge in [-0.05, 0) is 46.3 Å². The number of esters is 1. The molecule has 7 heteroatoms. The van der Waals surface area contributed by atoms with Crippen molar-refractivity contribution in [1.82, 2.24) is 0 Å². The Morgan fingerprint density at radius 3 is 2.50 bits per heavy atom. The lowest BCUT2D eigenvalue weighted by Crippen LogP contribution is -2.21. The maximum Gasteiger partial charge on any atom is 0.340 e. The van der Waals surface area contributed by atoms with Crippen molar-refractivity contribution < 1.29 is 14.3 Å². The molecule has 0 fully saturated rings. The van der Waals surface area contributed by atoms with E-state index in [0.717, 1.165) is 4.47 Å². The van der Waals surface area contributed by atoms with Crippen LogP contribution in [0.4, 0.5) is 5.69 Å². The van der Waals surface area contributed by atoms with Gasteiger partial charge in [-0.3, -0.25) is 4.79 Å². The highest BCUT2D eigenvalue weighted by atomic mass is 79.9. The summed E-state index contributed by atoms with van der Waals surface area (Å²) in [6, 6.07) is 11.4. The summed E-state index contributed by atoms with van der Waals surface area (Å²) < 4.78 is 5.64. The van der Waals surface area contributed by atoms with Gasteiger partial charge < -0.3 is 10.1 Å². The third-order valence-corrected chi connectivity index (χ3v) is 4.19. The average Bonchev–Trinajstić information content (AvgIpc) is 2.49. The summed E-state index contributed by atoms with van der Waals surface area (Å²) in [5.41, 5.74) is 0.718. The minimum Gasteiger partial charge on any atom is -0.452 e. The Bertz CT molecular complexity index is 722. The smallest absolute Gasteiger partial charge is 0.340 e. The number of benzene rings is 2. The van der Waals surface area contributed by atoms with Gasteiger partial charge in [0.1, 0.15) is 0 Å². The third kappa shape index (κ3) is 4.47. The zero-order valence-corrected chi connectivity index (χ0v) is 14.2. The summed E-state index contributed by atoms with van der Waals surface area (Å²) in [6.45, 7) is -0.419. The lowest BCUT2D eigenvalue weighted by Gasteiger charge is -2.08. The van der Waals surface area contributed by atoms with Crippen molar-refractivity contribution in [2.75, 3.05) is 11.9 Å². The fourth-order valence-corrected chi connectivity index (χ4v) is 2.25. The fraction of sp³-hybridized carbons (Fsp3) is 0.0667. The topological polar surface area (TPSA) is 55.4 Å². The maximum atomic E-state index is 11.8. The molecule has 1 amide bonds. The van der Waals surface area contributed by atoms with Crippen molar-refractivity contribution in [2.24, 2.45) is 0 Å². The van der Waals surface area contributed by atoms with Crippen molar-refractivity contribution in [3.63, 3.8) is 0 Å². The molecular weight excluding hydrogens is 393 g/mol. The van der Waals surface area contributed by atoms with Gasteiger partial charge in [0.25, 0.3) is 5.91 Å². The minimum atomic E-state index is -0.658. The van der Waals surface area contributed by atoms with Crippen LogP contribution in [0.3, 0.4) is 0 Å². The molecule has 0 aliphatic carbocycles. The van der Waals surface area contributed by atoms with E-state index in [1.165, 1.54) is 6.07 Å². The van der Waals surface area contributed by atoms with E-state index >= 15 is 0 Å². The van der Waals surface area contributed by atoms with E-state index in [4.69, 9.17) is 27.9 Å². The number of halogens is 3. The summed E-state index contributed by atoms with van der Waals surface area (Å²) in [4.78, 5) is 23.6. The maximum absolute atomic E-state index is 11.8. The van der Waals surface area contributed by atoms with Crippen molar-refractivity contribution in [3.05, 3.63) is 62.5 Å².